The number of nitrogens with one attached hydrogen (secondary N) is 4. The fourth-order valence-corrected chi connectivity index (χ4v) is 2.67. The zero-order valence-corrected chi connectivity index (χ0v) is 16.8. The molecule has 4 N–H and O–H groups in total. The molecule has 1 aromatic rings. The molecule has 0 bridgehead atoms. The predicted molar refractivity (Wildman–Crippen MR) is 109 cm³/mol. The van der Waals surface area contributed by atoms with E-state index in [4.69, 9.17) is 17.0 Å². The summed E-state index contributed by atoms with van der Waals surface area (Å²) in [7, 11) is 0. The molecule has 0 heterocycles. The zero-order chi connectivity index (χ0) is 19.4. The van der Waals surface area contributed by atoms with Crippen LogP contribution in [0, 0.1) is 0 Å². The van der Waals surface area contributed by atoms with Crippen LogP contribution in [-0.2, 0) is 9.59 Å². The summed E-state index contributed by atoms with van der Waals surface area (Å²) in [4.78, 5) is 24.4. The molecule has 1 rings (SSSR count). The van der Waals surface area contributed by atoms with Crippen molar-refractivity contribution in [1.82, 2.24) is 21.5 Å². The van der Waals surface area contributed by atoms with Gasteiger partial charge in [0, 0.05) is 6.04 Å². The molecule has 9 heteroatoms. The van der Waals surface area contributed by atoms with Gasteiger partial charge in [0.1, 0.15) is 11.8 Å². The molecule has 0 spiro atoms. The Labute approximate surface area is 164 Å². The van der Waals surface area contributed by atoms with Crippen molar-refractivity contribution >= 4 is 40.9 Å². The van der Waals surface area contributed by atoms with E-state index in [1.54, 1.807) is 23.9 Å². The van der Waals surface area contributed by atoms with Gasteiger partial charge in [0.15, 0.2) is 11.7 Å². The van der Waals surface area contributed by atoms with Gasteiger partial charge in [0.05, 0.1) is 0 Å². The van der Waals surface area contributed by atoms with Crippen LogP contribution in [0.15, 0.2) is 30.3 Å². The van der Waals surface area contributed by atoms with E-state index in [-0.39, 0.29) is 24.5 Å². The molecule has 1 aromatic carbocycles. The number of hydrogen-bond acceptors (Lipinski definition) is 5. The van der Waals surface area contributed by atoms with Crippen molar-refractivity contribution in [2.24, 2.45) is 0 Å². The van der Waals surface area contributed by atoms with Gasteiger partial charge in [-0.1, -0.05) is 18.2 Å². The van der Waals surface area contributed by atoms with Gasteiger partial charge in [-0.05, 0) is 56.6 Å². The second-order valence-corrected chi connectivity index (χ2v) is 7.14. The van der Waals surface area contributed by atoms with E-state index in [2.05, 4.69) is 21.5 Å². The number of carbonyl (C=O) groups excluding carboxylic acids is 2. The van der Waals surface area contributed by atoms with Crippen LogP contribution in [0.3, 0.4) is 0 Å². The van der Waals surface area contributed by atoms with Crippen LogP contribution in [0.2, 0.25) is 0 Å². The molecule has 144 valence electrons. The minimum absolute atomic E-state index is 0.147. The molecular formula is C17H26N4O3S2. The number of thioether (sulfide) groups is 1. The second-order valence-electron chi connectivity index (χ2n) is 5.75. The van der Waals surface area contributed by atoms with Gasteiger partial charge in [-0.3, -0.25) is 20.4 Å². The number of amides is 2. The molecular weight excluding hydrogens is 372 g/mol. The molecule has 1 atom stereocenters. The zero-order valence-electron chi connectivity index (χ0n) is 15.2. The van der Waals surface area contributed by atoms with Crippen molar-refractivity contribution in [3.8, 4) is 5.75 Å². The highest BCUT2D eigenvalue weighted by Gasteiger charge is 2.20. The summed E-state index contributed by atoms with van der Waals surface area (Å²) in [6, 6.07) is 8.50. The highest BCUT2D eigenvalue weighted by Crippen LogP contribution is 2.08. The van der Waals surface area contributed by atoms with E-state index in [0.717, 1.165) is 5.75 Å². The normalized spacial score (nSPS) is 11.4. The Kier molecular flexibility index (Phi) is 10.5. The standard InChI is InChI=1S/C17H26N4O3S2/c1-12(2)18-17(25)21-20-16(23)14(9-10-26-3)19-15(22)11-24-13-7-5-4-6-8-13/h4-8,12,14H,9-11H2,1-3H3,(H,19,22)(H,20,23)(H2,18,21,25)/t14-/m1/s1. The first-order valence-electron chi connectivity index (χ1n) is 8.25. The smallest absolute Gasteiger partial charge is 0.260 e. The van der Waals surface area contributed by atoms with Gasteiger partial charge >= 0.3 is 0 Å². The number of hydrazine groups is 1. The number of rotatable bonds is 9. The largest absolute Gasteiger partial charge is 0.484 e. The SMILES string of the molecule is CSCC[C@@H](NC(=O)COc1ccccc1)C(=O)NNC(=S)NC(C)C. The van der Waals surface area contributed by atoms with Crippen LogP contribution in [0.25, 0.3) is 0 Å². The number of ether oxygens (including phenoxy) is 1. The van der Waals surface area contributed by atoms with Crippen molar-refractivity contribution in [3.05, 3.63) is 30.3 Å². The number of para-hydroxylation sites is 1. The summed E-state index contributed by atoms with van der Waals surface area (Å²) in [6.07, 6.45) is 2.44. The Morgan fingerprint density at radius 2 is 1.85 bits per heavy atom. The van der Waals surface area contributed by atoms with Crippen molar-refractivity contribution in [3.63, 3.8) is 0 Å². The van der Waals surface area contributed by atoms with E-state index in [0.29, 0.717) is 17.3 Å². The first-order chi connectivity index (χ1) is 12.4. The van der Waals surface area contributed by atoms with Crippen LogP contribution in [0.4, 0.5) is 0 Å². The fraction of sp³-hybridized carbons (Fsp3) is 0.471. The van der Waals surface area contributed by atoms with E-state index >= 15 is 0 Å². The average molecular weight is 399 g/mol. The van der Waals surface area contributed by atoms with Gasteiger partial charge in [-0.2, -0.15) is 11.8 Å². The minimum atomic E-state index is -0.677. The Hall–Kier alpha value is -2.00. The third-order valence-corrected chi connectivity index (χ3v) is 3.96. The quantitative estimate of drug-likeness (QED) is 0.367. The molecule has 0 radical (unpaired) electrons. The van der Waals surface area contributed by atoms with Crippen LogP contribution >= 0.6 is 24.0 Å². The van der Waals surface area contributed by atoms with E-state index in [1.165, 1.54) is 0 Å². The molecule has 0 saturated heterocycles. The predicted octanol–water partition coefficient (Wildman–Crippen LogP) is 1.21. The molecule has 0 aliphatic carbocycles. The van der Waals surface area contributed by atoms with Crippen molar-refractivity contribution in [2.75, 3.05) is 18.6 Å². The fourth-order valence-electron chi connectivity index (χ4n) is 1.91. The Bertz CT molecular complexity index is 585. The molecule has 0 aliphatic heterocycles. The maximum Gasteiger partial charge on any atom is 0.260 e. The summed E-state index contributed by atoms with van der Waals surface area (Å²) in [6.45, 7) is 3.71. The lowest BCUT2D eigenvalue weighted by atomic mass is 10.2. The van der Waals surface area contributed by atoms with Crippen molar-refractivity contribution < 1.29 is 14.3 Å². The van der Waals surface area contributed by atoms with E-state index in [1.807, 2.05) is 38.3 Å². The van der Waals surface area contributed by atoms with Crippen molar-refractivity contribution in [1.29, 1.82) is 0 Å². The lowest BCUT2D eigenvalue weighted by Gasteiger charge is -2.20. The molecule has 2 amide bonds. The monoisotopic (exact) mass is 398 g/mol. The molecule has 0 aromatic heterocycles. The van der Waals surface area contributed by atoms with Gasteiger partial charge in [-0.15, -0.1) is 0 Å². The number of thiocarbonyl (C=S) groups is 1. The third-order valence-electron chi connectivity index (χ3n) is 3.09. The number of benzene rings is 1. The molecule has 0 saturated carbocycles. The minimum Gasteiger partial charge on any atom is -0.484 e. The van der Waals surface area contributed by atoms with Crippen LogP contribution in [0.1, 0.15) is 20.3 Å². The lowest BCUT2D eigenvalue weighted by molar-refractivity contribution is -0.130. The van der Waals surface area contributed by atoms with E-state index in [9.17, 15) is 9.59 Å². The summed E-state index contributed by atoms with van der Waals surface area (Å²) in [5.74, 6) is 0.601. The molecule has 26 heavy (non-hydrogen) atoms. The van der Waals surface area contributed by atoms with Crippen LogP contribution < -0.4 is 26.2 Å². The third kappa shape index (κ3) is 9.47. The summed E-state index contributed by atoms with van der Waals surface area (Å²) in [5, 5.41) is 5.96. The highest BCUT2D eigenvalue weighted by molar-refractivity contribution is 7.98. The van der Waals surface area contributed by atoms with Gasteiger partial charge in [0.25, 0.3) is 11.8 Å². The maximum absolute atomic E-state index is 12.3. The second kappa shape index (κ2) is 12.4. The highest BCUT2D eigenvalue weighted by atomic mass is 32.2. The number of carbonyl (C=O) groups is 2. The molecule has 0 fully saturated rings. The summed E-state index contributed by atoms with van der Waals surface area (Å²) < 4.78 is 5.40. The maximum atomic E-state index is 12.3. The van der Waals surface area contributed by atoms with Crippen LogP contribution in [-0.4, -0.2) is 47.6 Å². The first kappa shape index (κ1) is 22.0. The Balaban J connectivity index is 2.49. The van der Waals surface area contributed by atoms with Gasteiger partial charge in [-0.25, -0.2) is 0 Å². The average Bonchev–Trinajstić information content (AvgIpc) is 2.61. The summed E-state index contributed by atoms with van der Waals surface area (Å²) >= 11 is 6.65. The Morgan fingerprint density at radius 3 is 2.46 bits per heavy atom. The molecule has 0 aliphatic rings. The van der Waals surface area contributed by atoms with Gasteiger partial charge < -0.3 is 15.4 Å². The topological polar surface area (TPSA) is 91.5 Å². The van der Waals surface area contributed by atoms with E-state index < -0.39 is 6.04 Å². The molecule has 0 unspecified atom stereocenters. The Morgan fingerprint density at radius 1 is 1.15 bits per heavy atom. The van der Waals surface area contributed by atoms with Gasteiger partial charge in [0.2, 0.25) is 0 Å². The first-order valence-corrected chi connectivity index (χ1v) is 10.0. The summed E-state index contributed by atoms with van der Waals surface area (Å²) in [5.41, 5.74) is 5.15. The number of hydrogen-bond donors (Lipinski definition) is 4. The molecule has 7 nitrogen and oxygen atoms in total. The lowest BCUT2D eigenvalue weighted by Crippen LogP contribution is -2.55. The van der Waals surface area contributed by atoms with Crippen molar-refractivity contribution in [2.45, 2.75) is 32.4 Å². The van der Waals surface area contributed by atoms with Crippen LogP contribution in [0.5, 0.6) is 5.75 Å².